The van der Waals surface area contributed by atoms with Crippen LogP contribution >= 0.6 is 0 Å². The van der Waals surface area contributed by atoms with Gasteiger partial charge in [0, 0.05) is 43.3 Å². The number of hydrogen-bond acceptors (Lipinski definition) is 4. The fourth-order valence-corrected chi connectivity index (χ4v) is 4.82. The third kappa shape index (κ3) is 6.58. The van der Waals surface area contributed by atoms with Gasteiger partial charge >= 0.3 is 5.97 Å². The predicted octanol–water partition coefficient (Wildman–Crippen LogP) is 5.96. The molecule has 0 spiro atoms. The number of amides is 1. The average molecular weight is 486 g/mol. The van der Waals surface area contributed by atoms with E-state index in [1.807, 2.05) is 4.90 Å². The van der Waals surface area contributed by atoms with Crippen molar-refractivity contribution in [2.45, 2.75) is 58.5 Å². The van der Waals surface area contributed by atoms with Crippen LogP contribution in [0, 0.1) is 0 Å². The summed E-state index contributed by atoms with van der Waals surface area (Å²) in [7, 11) is 0. The number of aromatic nitrogens is 1. The van der Waals surface area contributed by atoms with E-state index >= 15 is 0 Å². The van der Waals surface area contributed by atoms with E-state index in [1.165, 1.54) is 11.1 Å². The van der Waals surface area contributed by atoms with Gasteiger partial charge in [-0.15, -0.1) is 0 Å². The van der Waals surface area contributed by atoms with Gasteiger partial charge in [-0.2, -0.15) is 0 Å². The van der Waals surface area contributed by atoms with Crippen LogP contribution in [-0.4, -0.2) is 40.0 Å². The Hall–Kier alpha value is -3.51. The van der Waals surface area contributed by atoms with E-state index in [0.29, 0.717) is 18.7 Å². The molecule has 0 unspecified atom stereocenters. The number of benzene rings is 2. The highest BCUT2D eigenvalue weighted by Gasteiger charge is 2.23. The summed E-state index contributed by atoms with van der Waals surface area (Å²) in [5, 5.41) is 9.70. The Morgan fingerprint density at radius 1 is 0.833 bits per heavy atom. The molecule has 3 aromatic rings. The van der Waals surface area contributed by atoms with Gasteiger partial charge in [0.2, 0.25) is 0 Å². The second-order valence-corrected chi connectivity index (χ2v) is 9.49. The number of carbonyl (C=O) groups is 2. The first-order valence-electron chi connectivity index (χ1n) is 12.9. The van der Waals surface area contributed by atoms with E-state index in [9.17, 15) is 14.7 Å². The van der Waals surface area contributed by atoms with Gasteiger partial charge < -0.3 is 10.0 Å². The zero-order valence-corrected chi connectivity index (χ0v) is 21.0. The van der Waals surface area contributed by atoms with Gasteiger partial charge in [-0.3, -0.25) is 14.7 Å². The van der Waals surface area contributed by atoms with Gasteiger partial charge in [0.25, 0.3) is 5.91 Å². The summed E-state index contributed by atoms with van der Waals surface area (Å²) >= 11 is 0. The summed E-state index contributed by atoms with van der Waals surface area (Å²) in [5.41, 5.74) is 5.02. The van der Waals surface area contributed by atoms with Gasteiger partial charge in [-0.25, -0.2) is 4.79 Å². The molecule has 0 fully saturated rings. The van der Waals surface area contributed by atoms with Crippen molar-refractivity contribution in [3.8, 4) is 0 Å². The van der Waals surface area contributed by atoms with Crippen LogP contribution in [0.5, 0.6) is 0 Å². The summed E-state index contributed by atoms with van der Waals surface area (Å²) in [5.74, 6) is -1.04. The normalized spacial score (nSPS) is 15.4. The van der Waals surface area contributed by atoms with Crippen molar-refractivity contribution in [1.82, 2.24) is 9.88 Å². The largest absolute Gasteiger partial charge is 0.478 e. The Balaban J connectivity index is 1.71. The molecule has 6 heteroatoms. The fourth-order valence-electron chi connectivity index (χ4n) is 4.82. The molecule has 6 nitrogen and oxygen atoms in total. The molecular weight excluding hydrogens is 450 g/mol. The van der Waals surface area contributed by atoms with Crippen LogP contribution in [0.2, 0.25) is 0 Å². The second-order valence-electron chi connectivity index (χ2n) is 9.49. The van der Waals surface area contributed by atoms with Crippen LogP contribution in [0.4, 0.5) is 5.69 Å². The van der Waals surface area contributed by atoms with Crippen molar-refractivity contribution < 1.29 is 14.7 Å². The molecule has 4 rings (SSSR count). The molecule has 0 radical (unpaired) electrons. The van der Waals surface area contributed by atoms with Crippen LogP contribution in [0.3, 0.4) is 0 Å². The van der Waals surface area contributed by atoms with Gasteiger partial charge in [0.15, 0.2) is 0 Å². The summed E-state index contributed by atoms with van der Waals surface area (Å²) < 4.78 is 0. The van der Waals surface area contributed by atoms with Gasteiger partial charge in [-0.1, -0.05) is 50.5 Å². The van der Waals surface area contributed by atoms with Crippen LogP contribution in [0.25, 0.3) is 0 Å². The highest BCUT2D eigenvalue weighted by molar-refractivity contribution is 6.06. The van der Waals surface area contributed by atoms with Crippen molar-refractivity contribution >= 4 is 17.6 Å². The zero-order valence-electron chi connectivity index (χ0n) is 21.0. The maximum absolute atomic E-state index is 13.6. The summed E-state index contributed by atoms with van der Waals surface area (Å²) in [6, 6.07) is 17.3. The lowest BCUT2D eigenvalue weighted by Crippen LogP contribution is -2.34. The van der Waals surface area contributed by atoms with Crippen molar-refractivity contribution in [2.75, 3.05) is 18.0 Å². The molecule has 2 heterocycles. The molecular formula is C30H35N3O3. The molecule has 1 aromatic heterocycles. The minimum absolute atomic E-state index is 0.0829. The minimum atomic E-state index is -0.961. The Bertz CT molecular complexity index is 1160. The number of rotatable bonds is 5. The van der Waals surface area contributed by atoms with Crippen molar-refractivity contribution in [3.63, 3.8) is 0 Å². The van der Waals surface area contributed by atoms with E-state index < -0.39 is 5.97 Å². The number of aromatic carboxylic acids is 1. The average Bonchev–Trinajstić information content (AvgIpc) is 2.90. The van der Waals surface area contributed by atoms with Crippen LogP contribution in [0.1, 0.15) is 76.4 Å². The molecule has 36 heavy (non-hydrogen) atoms. The first-order chi connectivity index (χ1) is 17.5. The smallest absolute Gasteiger partial charge is 0.335 e. The van der Waals surface area contributed by atoms with Crippen molar-refractivity contribution in [1.29, 1.82) is 0 Å². The molecule has 1 N–H and O–H groups in total. The standard InChI is InChI=1S/C30H35N3O3/c1-2-23-8-10-24(11-9-23)21-32-18-6-4-3-5-7-19-33(29(34)25-14-16-31-17-15-25)28-13-12-26(30(35)36)20-27(28)22-32/h8-17,20H,2-7,18-19,21-22H2,1H3,(H,35,36). The number of carboxylic acid groups (broad SMARTS) is 1. The Morgan fingerprint density at radius 2 is 1.50 bits per heavy atom. The topological polar surface area (TPSA) is 73.7 Å². The number of fused-ring (bicyclic) bond motifs is 1. The van der Waals surface area contributed by atoms with E-state index in [0.717, 1.165) is 62.9 Å². The highest BCUT2D eigenvalue weighted by Crippen LogP contribution is 2.28. The third-order valence-corrected chi connectivity index (χ3v) is 6.88. The van der Waals surface area contributed by atoms with E-state index in [2.05, 4.69) is 41.1 Å². The zero-order chi connectivity index (χ0) is 25.3. The lowest BCUT2D eigenvalue weighted by Gasteiger charge is -2.30. The molecule has 1 aliphatic rings. The summed E-state index contributed by atoms with van der Waals surface area (Å²) in [4.78, 5) is 33.7. The summed E-state index contributed by atoms with van der Waals surface area (Å²) in [6.07, 6.45) is 9.61. The molecule has 0 saturated carbocycles. The predicted molar refractivity (Wildman–Crippen MR) is 142 cm³/mol. The Labute approximate surface area is 213 Å². The molecule has 0 saturated heterocycles. The molecule has 188 valence electrons. The van der Waals surface area contributed by atoms with E-state index in [1.54, 1.807) is 42.7 Å². The lowest BCUT2D eigenvalue weighted by molar-refractivity contribution is 0.0696. The SMILES string of the molecule is CCc1ccc(CN2CCCCCCCN(C(=O)c3ccncc3)c3ccc(C(=O)O)cc3C2)cc1. The fraction of sp³-hybridized carbons (Fsp3) is 0.367. The molecule has 1 aliphatic heterocycles. The first kappa shape index (κ1) is 25.6. The third-order valence-electron chi connectivity index (χ3n) is 6.88. The minimum Gasteiger partial charge on any atom is -0.478 e. The molecule has 0 aliphatic carbocycles. The number of pyridine rings is 1. The number of carbonyl (C=O) groups excluding carboxylic acids is 1. The summed E-state index contributed by atoms with van der Waals surface area (Å²) in [6.45, 7) is 5.02. The first-order valence-corrected chi connectivity index (χ1v) is 12.9. The molecule has 2 aromatic carbocycles. The number of hydrogen-bond donors (Lipinski definition) is 1. The van der Waals surface area contributed by atoms with Gasteiger partial charge in [0.05, 0.1) is 5.56 Å². The Morgan fingerprint density at radius 3 is 2.19 bits per heavy atom. The van der Waals surface area contributed by atoms with Crippen molar-refractivity contribution in [3.05, 3.63) is 94.8 Å². The molecule has 1 amide bonds. The monoisotopic (exact) mass is 485 g/mol. The van der Waals surface area contributed by atoms with Crippen LogP contribution < -0.4 is 4.90 Å². The maximum atomic E-state index is 13.6. The lowest BCUT2D eigenvalue weighted by atomic mass is 10.0. The van der Waals surface area contributed by atoms with Crippen molar-refractivity contribution in [2.24, 2.45) is 0 Å². The van der Waals surface area contributed by atoms with Crippen LogP contribution in [0.15, 0.2) is 67.0 Å². The molecule has 0 bridgehead atoms. The highest BCUT2D eigenvalue weighted by atomic mass is 16.4. The number of aryl methyl sites for hydroxylation is 1. The number of anilines is 1. The molecule has 0 atom stereocenters. The van der Waals surface area contributed by atoms with E-state index in [-0.39, 0.29) is 11.5 Å². The quantitative estimate of drug-likeness (QED) is 0.483. The maximum Gasteiger partial charge on any atom is 0.335 e. The van der Waals surface area contributed by atoms with Gasteiger partial charge in [-0.05, 0) is 72.8 Å². The second kappa shape index (κ2) is 12.5. The van der Waals surface area contributed by atoms with Crippen LogP contribution in [-0.2, 0) is 19.5 Å². The van der Waals surface area contributed by atoms with E-state index in [4.69, 9.17) is 0 Å². The van der Waals surface area contributed by atoms with Gasteiger partial charge in [0.1, 0.15) is 0 Å². The number of nitrogens with zero attached hydrogens (tertiary/aromatic N) is 3. The number of carboxylic acids is 1. The Kier molecular flexibility index (Phi) is 8.85.